The van der Waals surface area contributed by atoms with Gasteiger partial charge in [-0.3, -0.25) is 9.59 Å². The standard InChI is InChI=1S/C24H31FN2O2S/c1-18(2)15-26-24(29)19(3)27(16-21-11-7-8-12-22(21)25)23(28)13-14-30-17-20-9-5-4-6-10-20/h4-12,18-19H,13-17H2,1-3H3,(H,26,29). The summed E-state index contributed by atoms with van der Waals surface area (Å²) >= 11 is 1.67. The highest BCUT2D eigenvalue weighted by molar-refractivity contribution is 7.98. The number of hydrogen-bond donors (Lipinski definition) is 1. The molecule has 0 saturated carbocycles. The molecular formula is C24H31FN2O2S. The number of hydrogen-bond acceptors (Lipinski definition) is 3. The molecule has 162 valence electrons. The molecule has 0 aliphatic rings. The number of nitrogens with zero attached hydrogens (tertiary/aromatic N) is 1. The first-order valence-corrected chi connectivity index (χ1v) is 11.5. The average molecular weight is 431 g/mol. The molecule has 6 heteroatoms. The van der Waals surface area contributed by atoms with Crippen molar-refractivity contribution in [1.82, 2.24) is 10.2 Å². The van der Waals surface area contributed by atoms with Crippen LogP contribution in [0.3, 0.4) is 0 Å². The Morgan fingerprint density at radius 3 is 2.37 bits per heavy atom. The Morgan fingerprint density at radius 2 is 1.70 bits per heavy atom. The van der Waals surface area contributed by atoms with Gasteiger partial charge < -0.3 is 10.2 Å². The number of amides is 2. The number of benzene rings is 2. The molecule has 2 aromatic carbocycles. The van der Waals surface area contributed by atoms with Crippen molar-refractivity contribution in [3.05, 3.63) is 71.5 Å². The summed E-state index contributed by atoms with van der Waals surface area (Å²) in [7, 11) is 0. The molecule has 0 bridgehead atoms. The topological polar surface area (TPSA) is 49.4 Å². The van der Waals surface area contributed by atoms with Gasteiger partial charge in [0.25, 0.3) is 0 Å². The summed E-state index contributed by atoms with van der Waals surface area (Å²) in [5, 5.41) is 2.87. The van der Waals surface area contributed by atoms with Crippen LogP contribution in [-0.4, -0.2) is 35.1 Å². The van der Waals surface area contributed by atoms with Crippen molar-refractivity contribution in [2.45, 2.75) is 45.5 Å². The first-order chi connectivity index (χ1) is 14.4. The molecule has 2 amide bonds. The third-order valence-electron chi connectivity index (χ3n) is 4.72. The molecule has 2 aromatic rings. The fraction of sp³-hybridized carbons (Fsp3) is 0.417. The maximum absolute atomic E-state index is 14.2. The van der Waals surface area contributed by atoms with E-state index in [2.05, 4.69) is 17.4 Å². The minimum Gasteiger partial charge on any atom is -0.354 e. The number of nitrogens with one attached hydrogen (secondary N) is 1. The second-order valence-electron chi connectivity index (χ2n) is 7.72. The average Bonchev–Trinajstić information content (AvgIpc) is 2.74. The number of carbonyl (C=O) groups is 2. The van der Waals surface area contributed by atoms with Gasteiger partial charge in [0.05, 0.1) is 0 Å². The minimum atomic E-state index is -0.671. The molecule has 0 fully saturated rings. The van der Waals surface area contributed by atoms with Crippen LogP contribution < -0.4 is 5.32 Å². The van der Waals surface area contributed by atoms with E-state index in [0.717, 1.165) is 5.75 Å². The molecule has 0 radical (unpaired) electrons. The predicted octanol–water partition coefficient (Wildman–Crippen LogP) is 4.64. The number of rotatable bonds is 11. The van der Waals surface area contributed by atoms with Crippen LogP contribution in [0.2, 0.25) is 0 Å². The van der Waals surface area contributed by atoms with E-state index in [-0.39, 0.29) is 24.2 Å². The first kappa shape index (κ1) is 23.9. The fourth-order valence-electron chi connectivity index (χ4n) is 2.91. The zero-order chi connectivity index (χ0) is 21.9. The molecular weight excluding hydrogens is 399 g/mol. The first-order valence-electron chi connectivity index (χ1n) is 10.3. The van der Waals surface area contributed by atoms with Crippen LogP contribution in [0.15, 0.2) is 54.6 Å². The van der Waals surface area contributed by atoms with Crippen LogP contribution in [0.5, 0.6) is 0 Å². The van der Waals surface area contributed by atoms with Crippen molar-refractivity contribution < 1.29 is 14.0 Å². The summed E-state index contributed by atoms with van der Waals surface area (Å²) in [6, 6.07) is 15.8. The molecule has 0 aliphatic carbocycles. The SMILES string of the molecule is CC(C)CNC(=O)C(C)N(Cc1ccccc1F)C(=O)CCSCc1ccccc1. The van der Waals surface area contributed by atoms with E-state index in [1.54, 1.807) is 36.9 Å². The van der Waals surface area contributed by atoms with Crippen LogP contribution in [0.25, 0.3) is 0 Å². The molecule has 1 N–H and O–H groups in total. The Kier molecular flexibility index (Phi) is 9.87. The number of thioether (sulfide) groups is 1. The summed E-state index contributed by atoms with van der Waals surface area (Å²) < 4.78 is 14.2. The van der Waals surface area contributed by atoms with E-state index in [1.807, 2.05) is 32.0 Å². The van der Waals surface area contributed by atoms with Crippen molar-refractivity contribution in [2.24, 2.45) is 5.92 Å². The third kappa shape index (κ3) is 7.82. The van der Waals surface area contributed by atoms with Gasteiger partial charge in [0.15, 0.2) is 0 Å². The highest BCUT2D eigenvalue weighted by Crippen LogP contribution is 2.17. The molecule has 30 heavy (non-hydrogen) atoms. The number of carbonyl (C=O) groups excluding carboxylic acids is 2. The van der Waals surface area contributed by atoms with Gasteiger partial charge in [-0.25, -0.2) is 4.39 Å². The van der Waals surface area contributed by atoms with Crippen LogP contribution >= 0.6 is 11.8 Å². The van der Waals surface area contributed by atoms with Gasteiger partial charge in [-0.15, -0.1) is 0 Å². The van der Waals surface area contributed by atoms with E-state index in [1.165, 1.54) is 16.5 Å². The molecule has 0 heterocycles. The molecule has 0 aromatic heterocycles. The van der Waals surface area contributed by atoms with Gasteiger partial charge in [0, 0.05) is 36.6 Å². The summed E-state index contributed by atoms with van der Waals surface area (Å²) in [4.78, 5) is 27.0. The summed E-state index contributed by atoms with van der Waals surface area (Å²) in [6.45, 7) is 6.34. The monoisotopic (exact) mass is 430 g/mol. The maximum Gasteiger partial charge on any atom is 0.242 e. The van der Waals surface area contributed by atoms with Gasteiger partial charge in [-0.2, -0.15) is 11.8 Å². The molecule has 0 saturated heterocycles. The minimum absolute atomic E-state index is 0.0745. The largest absolute Gasteiger partial charge is 0.354 e. The van der Waals surface area contributed by atoms with Crippen molar-refractivity contribution in [2.75, 3.05) is 12.3 Å². The lowest BCUT2D eigenvalue weighted by Gasteiger charge is -2.29. The molecule has 2 rings (SSSR count). The second kappa shape index (κ2) is 12.4. The molecule has 0 spiro atoms. The summed E-state index contributed by atoms with van der Waals surface area (Å²) in [5.41, 5.74) is 1.62. The van der Waals surface area contributed by atoms with Gasteiger partial charge in [-0.05, 0) is 24.5 Å². The van der Waals surface area contributed by atoms with Gasteiger partial charge in [-0.1, -0.05) is 62.4 Å². The zero-order valence-corrected chi connectivity index (χ0v) is 18.8. The van der Waals surface area contributed by atoms with Gasteiger partial charge >= 0.3 is 0 Å². The fourth-order valence-corrected chi connectivity index (χ4v) is 3.80. The summed E-state index contributed by atoms with van der Waals surface area (Å²) in [5.74, 6) is 1.04. The Labute approximate surface area is 183 Å². The Bertz CT molecular complexity index is 814. The predicted molar refractivity (Wildman–Crippen MR) is 121 cm³/mol. The summed E-state index contributed by atoms with van der Waals surface area (Å²) in [6.07, 6.45) is 0.299. The Hall–Kier alpha value is -2.34. The lowest BCUT2D eigenvalue weighted by Crippen LogP contribution is -2.48. The van der Waals surface area contributed by atoms with Crippen molar-refractivity contribution in [1.29, 1.82) is 0 Å². The number of halogens is 1. The molecule has 0 aliphatic heterocycles. The second-order valence-corrected chi connectivity index (χ2v) is 8.82. The lowest BCUT2D eigenvalue weighted by atomic mass is 10.1. The van der Waals surface area contributed by atoms with E-state index in [4.69, 9.17) is 0 Å². The van der Waals surface area contributed by atoms with Crippen LogP contribution in [0.4, 0.5) is 4.39 Å². The van der Waals surface area contributed by atoms with E-state index >= 15 is 0 Å². The Balaban J connectivity index is 2.00. The normalized spacial score (nSPS) is 11.9. The van der Waals surface area contributed by atoms with Crippen molar-refractivity contribution >= 4 is 23.6 Å². The Morgan fingerprint density at radius 1 is 1.03 bits per heavy atom. The van der Waals surface area contributed by atoms with Crippen molar-refractivity contribution in [3.8, 4) is 0 Å². The quantitative estimate of drug-likeness (QED) is 0.529. The van der Waals surface area contributed by atoms with Gasteiger partial charge in [0.2, 0.25) is 11.8 Å². The van der Waals surface area contributed by atoms with E-state index in [0.29, 0.717) is 30.2 Å². The van der Waals surface area contributed by atoms with Crippen LogP contribution in [0.1, 0.15) is 38.3 Å². The maximum atomic E-state index is 14.2. The third-order valence-corrected chi connectivity index (χ3v) is 5.75. The molecule has 1 unspecified atom stereocenters. The van der Waals surface area contributed by atoms with Crippen LogP contribution in [0, 0.1) is 11.7 Å². The smallest absolute Gasteiger partial charge is 0.242 e. The van der Waals surface area contributed by atoms with Crippen molar-refractivity contribution in [3.63, 3.8) is 0 Å². The lowest BCUT2D eigenvalue weighted by molar-refractivity contribution is -0.140. The van der Waals surface area contributed by atoms with E-state index in [9.17, 15) is 14.0 Å². The highest BCUT2D eigenvalue weighted by atomic mass is 32.2. The molecule has 1 atom stereocenters. The molecule has 4 nitrogen and oxygen atoms in total. The van der Waals surface area contributed by atoms with Gasteiger partial charge in [0.1, 0.15) is 11.9 Å². The van der Waals surface area contributed by atoms with Crippen LogP contribution in [-0.2, 0) is 21.9 Å². The highest BCUT2D eigenvalue weighted by Gasteiger charge is 2.26. The zero-order valence-electron chi connectivity index (χ0n) is 17.9. The van der Waals surface area contributed by atoms with E-state index < -0.39 is 6.04 Å².